The van der Waals surface area contributed by atoms with Crippen molar-refractivity contribution in [2.75, 3.05) is 0 Å². The summed E-state index contributed by atoms with van der Waals surface area (Å²) in [5.41, 5.74) is 0.309. The SMILES string of the molecule is CC(F)CCC(=O)OC(=O)c1ccccc1. The van der Waals surface area contributed by atoms with Crippen LogP contribution in [0.25, 0.3) is 0 Å². The van der Waals surface area contributed by atoms with Crippen LogP contribution in [0.15, 0.2) is 30.3 Å². The van der Waals surface area contributed by atoms with Crippen LogP contribution in [-0.4, -0.2) is 18.1 Å². The topological polar surface area (TPSA) is 43.4 Å². The summed E-state index contributed by atoms with van der Waals surface area (Å²) in [6, 6.07) is 8.19. The van der Waals surface area contributed by atoms with Crippen LogP contribution in [-0.2, 0) is 9.53 Å². The summed E-state index contributed by atoms with van der Waals surface area (Å²) in [7, 11) is 0. The van der Waals surface area contributed by atoms with Crippen LogP contribution < -0.4 is 0 Å². The molecule has 0 amide bonds. The Balaban J connectivity index is 2.43. The molecule has 1 aromatic rings. The molecule has 0 N–H and O–H groups in total. The van der Waals surface area contributed by atoms with Crippen molar-refractivity contribution in [2.45, 2.75) is 25.9 Å². The number of carbonyl (C=O) groups excluding carboxylic acids is 2. The molecule has 86 valence electrons. The Morgan fingerprint density at radius 3 is 2.50 bits per heavy atom. The summed E-state index contributed by atoms with van der Waals surface area (Å²) < 4.78 is 17.0. The number of hydrogen-bond donors (Lipinski definition) is 0. The lowest BCUT2D eigenvalue weighted by Crippen LogP contribution is -2.13. The minimum atomic E-state index is -1.07. The van der Waals surface area contributed by atoms with Crippen LogP contribution in [0.2, 0.25) is 0 Å². The first-order chi connectivity index (χ1) is 7.59. The number of ether oxygens (including phenoxy) is 1. The van der Waals surface area contributed by atoms with E-state index in [1.165, 1.54) is 6.92 Å². The Labute approximate surface area is 93.2 Å². The molecule has 4 heteroatoms. The van der Waals surface area contributed by atoms with Gasteiger partial charge in [0, 0.05) is 6.42 Å². The monoisotopic (exact) mass is 224 g/mol. The summed E-state index contributed by atoms with van der Waals surface area (Å²) in [6.07, 6.45) is -1.09. The summed E-state index contributed by atoms with van der Waals surface area (Å²) in [5.74, 6) is -1.39. The molecule has 0 saturated heterocycles. The molecule has 1 aromatic carbocycles. The molecular weight excluding hydrogens is 211 g/mol. The quantitative estimate of drug-likeness (QED) is 0.583. The van der Waals surface area contributed by atoms with E-state index < -0.39 is 18.1 Å². The zero-order chi connectivity index (χ0) is 12.0. The van der Waals surface area contributed by atoms with E-state index in [1.54, 1.807) is 30.3 Å². The van der Waals surface area contributed by atoms with Gasteiger partial charge < -0.3 is 4.74 Å². The van der Waals surface area contributed by atoms with Gasteiger partial charge in [-0.15, -0.1) is 0 Å². The third kappa shape index (κ3) is 4.21. The summed E-state index contributed by atoms with van der Waals surface area (Å²) >= 11 is 0. The number of rotatable bonds is 4. The first-order valence-corrected chi connectivity index (χ1v) is 5.03. The second-order valence-corrected chi connectivity index (χ2v) is 3.45. The van der Waals surface area contributed by atoms with Gasteiger partial charge in [-0.25, -0.2) is 9.18 Å². The van der Waals surface area contributed by atoms with Crippen LogP contribution in [0.5, 0.6) is 0 Å². The Kier molecular flexibility index (Phi) is 4.64. The molecular formula is C12H13FO3. The van der Waals surface area contributed by atoms with Crippen molar-refractivity contribution in [1.29, 1.82) is 0 Å². The lowest BCUT2D eigenvalue weighted by molar-refractivity contribution is -0.138. The van der Waals surface area contributed by atoms with E-state index in [2.05, 4.69) is 4.74 Å². The number of carbonyl (C=O) groups is 2. The van der Waals surface area contributed by atoms with Crippen LogP contribution in [0.1, 0.15) is 30.1 Å². The van der Waals surface area contributed by atoms with Crippen molar-refractivity contribution in [3.63, 3.8) is 0 Å². The van der Waals surface area contributed by atoms with E-state index in [9.17, 15) is 14.0 Å². The number of benzene rings is 1. The van der Waals surface area contributed by atoms with E-state index in [4.69, 9.17) is 0 Å². The molecule has 0 fully saturated rings. The van der Waals surface area contributed by atoms with Gasteiger partial charge >= 0.3 is 11.9 Å². The molecule has 0 spiro atoms. The van der Waals surface area contributed by atoms with Crippen molar-refractivity contribution >= 4 is 11.9 Å². The second kappa shape index (κ2) is 6.00. The minimum absolute atomic E-state index is 0.0703. The molecule has 0 aliphatic carbocycles. The molecule has 1 unspecified atom stereocenters. The molecule has 0 aliphatic rings. The summed E-state index contributed by atoms with van der Waals surface area (Å²) in [6.45, 7) is 1.35. The van der Waals surface area contributed by atoms with Gasteiger partial charge in [0.2, 0.25) is 0 Å². The largest absolute Gasteiger partial charge is 0.389 e. The fraction of sp³-hybridized carbons (Fsp3) is 0.333. The van der Waals surface area contributed by atoms with Gasteiger partial charge in [-0.05, 0) is 25.5 Å². The number of halogens is 1. The van der Waals surface area contributed by atoms with E-state index >= 15 is 0 Å². The van der Waals surface area contributed by atoms with Gasteiger partial charge in [-0.3, -0.25) is 4.79 Å². The fourth-order valence-corrected chi connectivity index (χ4v) is 1.10. The van der Waals surface area contributed by atoms with Crippen LogP contribution in [0, 0.1) is 0 Å². The summed E-state index contributed by atoms with van der Waals surface area (Å²) in [4.78, 5) is 22.5. The van der Waals surface area contributed by atoms with Crippen LogP contribution in [0.4, 0.5) is 4.39 Å². The van der Waals surface area contributed by atoms with Gasteiger partial charge in [0.15, 0.2) is 0 Å². The highest BCUT2D eigenvalue weighted by molar-refractivity contribution is 5.96. The van der Waals surface area contributed by atoms with E-state index in [0.29, 0.717) is 5.56 Å². The molecule has 1 rings (SSSR count). The van der Waals surface area contributed by atoms with Gasteiger partial charge in [-0.2, -0.15) is 0 Å². The summed E-state index contributed by atoms with van der Waals surface area (Å²) in [5, 5.41) is 0. The molecule has 3 nitrogen and oxygen atoms in total. The minimum Gasteiger partial charge on any atom is -0.389 e. The van der Waals surface area contributed by atoms with E-state index in [0.717, 1.165) is 0 Å². The van der Waals surface area contributed by atoms with Crippen LogP contribution >= 0.6 is 0 Å². The first-order valence-electron chi connectivity index (χ1n) is 5.03. The molecule has 16 heavy (non-hydrogen) atoms. The average molecular weight is 224 g/mol. The Hall–Kier alpha value is -1.71. The third-order valence-electron chi connectivity index (χ3n) is 1.96. The second-order valence-electron chi connectivity index (χ2n) is 3.45. The smallest absolute Gasteiger partial charge is 0.345 e. The van der Waals surface area contributed by atoms with Gasteiger partial charge in [0.25, 0.3) is 0 Å². The van der Waals surface area contributed by atoms with Crippen LogP contribution in [0.3, 0.4) is 0 Å². The maximum absolute atomic E-state index is 12.4. The molecule has 1 atom stereocenters. The molecule has 0 bridgehead atoms. The lowest BCUT2D eigenvalue weighted by Gasteiger charge is -2.03. The fourth-order valence-electron chi connectivity index (χ4n) is 1.10. The standard InChI is InChI=1S/C12H13FO3/c1-9(13)7-8-11(14)16-12(15)10-5-3-2-4-6-10/h2-6,9H,7-8H2,1H3. The first kappa shape index (κ1) is 12.4. The predicted octanol–water partition coefficient (Wildman–Crippen LogP) is 2.51. The highest BCUT2D eigenvalue weighted by atomic mass is 19.1. The van der Waals surface area contributed by atoms with Crippen molar-refractivity contribution < 1.29 is 18.7 Å². The number of hydrogen-bond acceptors (Lipinski definition) is 3. The molecule has 0 aromatic heterocycles. The molecule has 0 aliphatic heterocycles. The highest BCUT2D eigenvalue weighted by Crippen LogP contribution is 2.05. The number of alkyl halides is 1. The maximum Gasteiger partial charge on any atom is 0.345 e. The molecule has 0 saturated carbocycles. The average Bonchev–Trinajstić information content (AvgIpc) is 2.27. The van der Waals surface area contributed by atoms with E-state index in [-0.39, 0.29) is 12.8 Å². The highest BCUT2D eigenvalue weighted by Gasteiger charge is 2.13. The third-order valence-corrected chi connectivity index (χ3v) is 1.96. The van der Waals surface area contributed by atoms with Crippen molar-refractivity contribution in [1.82, 2.24) is 0 Å². The molecule has 0 radical (unpaired) electrons. The van der Waals surface area contributed by atoms with Gasteiger partial charge in [0.1, 0.15) is 0 Å². The zero-order valence-corrected chi connectivity index (χ0v) is 8.98. The van der Waals surface area contributed by atoms with E-state index in [1.807, 2.05) is 0 Å². The van der Waals surface area contributed by atoms with Crippen molar-refractivity contribution in [2.24, 2.45) is 0 Å². The van der Waals surface area contributed by atoms with Crippen molar-refractivity contribution in [3.05, 3.63) is 35.9 Å². The Bertz CT molecular complexity index is 360. The lowest BCUT2D eigenvalue weighted by atomic mass is 10.2. The van der Waals surface area contributed by atoms with Gasteiger partial charge in [0.05, 0.1) is 11.7 Å². The number of esters is 2. The Morgan fingerprint density at radius 2 is 1.94 bits per heavy atom. The van der Waals surface area contributed by atoms with Crippen molar-refractivity contribution in [3.8, 4) is 0 Å². The maximum atomic E-state index is 12.4. The van der Waals surface area contributed by atoms with Gasteiger partial charge in [-0.1, -0.05) is 18.2 Å². The Morgan fingerprint density at radius 1 is 1.31 bits per heavy atom. The normalized spacial score (nSPS) is 11.9. The molecule has 0 heterocycles. The predicted molar refractivity (Wildman–Crippen MR) is 56.7 cm³/mol. The zero-order valence-electron chi connectivity index (χ0n) is 8.98.